The lowest BCUT2D eigenvalue weighted by molar-refractivity contribution is 0.0296. The Labute approximate surface area is 105 Å². The zero-order chi connectivity index (χ0) is 12.3. The summed E-state index contributed by atoms with van der Waals surface area (Å²) in [4.78, 5) is 4.86. The molecule has 0 aromatic heterocycles. The van der Waals surface area contributed by atoms with E-state index in [1.54, 1.807) is 0 Å². The monoisotopic (exact) mass is 241 g/mol. The van der Waals surface area contributed by atoms with Crippen molar-refractivity contribution in [3.05, 3.63) is 0 Å². The van der Waals surface area contributed by atoms with E-state index in [-0.39, 0.29) is 0 Å². The molecular formula is C13H27N3O. The van der Waals surface area contributed by atoms with Gasteiger partial charge in [-0.15, -0.1) is 0 Å². The fraction of sp³-hybridized carbons (Fsp3) is 1.00. The molecule has 17 heavy (non-hydrogen) atoms. The van der Waals surface area contributed by atoms with Gasteiger partial charge in [-0.2, -0.15) is 0 Å². The number of likely N-dealkylation sites (N-methyl/N-ethyl adjacent to an activating group) is 1. The summed E-state index contributed by atoms with van der Waals surface area (Å²) in [5.41, 5.74) is 5.63. The smallest absolute Gasteiger partial charge is 0.0707 e. The quantitative estimate of drug-likeness (QED) is 0.755. The van der Waals surface area contributed by atoms with Gasteiger partial charge < -0.3 is 20.3 Å². The number of ether oxygens (including phenoxy) is 1. The van der Waals surface area contributed by atoms with Gasteiger partial charge in [0.1, 0.15) is 0 Å². The number of likely N-dealkylation sites (tertiary alicyclic amines) is 1. The summed E-state index contributed by atoms with van der Waals surface area (Å²) in [6.45, 7) is 5.46. The topological polar surface area (TPSA) is 41.7 Å². The van der Waals surface area contributed by atoms with Crippen LogP contribution in [-0.2, 0) is 4.74 Å². The Morgan fingerprint density at radius 2 is 2.00 bits per heavy atom. The molecule has 100 valence electrons. The molecule has 0 amide bonds. The van der Waals surface area contributed by atoms with Crippen LogP contribution in [0.5, 0.6) is 0 Å². The Balaban J connectivity index is 1.65. The second-order valence-electron chi connectivity index (χ2n) is 5.83. The average molecular weight is 241 g/mol. The Hall–Kier alpha value is -0.160. The maximum absolute atomic E-state index is 5.89. The molecule has 4 nitrogen and oxygen atoms in total. The number of nitrogens with zero attached hydrogens (tertiary/aromatic N) is 2. The molecule has 0 aliphatic carbocycles. The molecule has 0 aromatic carbocycles. The van der Waals surface area contributed by atoms with E-state index in [0.29, 0.717) is 18.8 Å². The summed E-state index contributed by atoms with van der Waals surface area (Å²) < 4.78 is 5.89. The highest BCUT2D eigenvalue weighted by atomic mass is 16.5. The predicted octanol–water partition coefficient (Wildman–Crippen LogP) is 0.376. The number of hydrogen-bond donors (Lipinski definition) is 1. The molecule has 2 N–H and O–H groups in total. The van der Waals surface area contributed by atoms with Crippen molar-refractivity contribution in [1.82, 2.24) is 9.80 Å². The molecule has 2 fully saturated rings. The van der Waals surface area contributed by atoms with E-state index < -0.39 is 0 Å². The van der Waals surface area contributed by atoms with E-state index >= 15 is 0 Å². The first-order chi connectivity index (χ1) is 8.17. The number of hydrogen-bond acceptors (Lipinski definition) is 4. The Morgan fingerprint density at radius 3 is 2.59 bits per heavy atom. The summed E-state index contributed by atoms with van der Waals surface area (Å²) in [7, 11) is 4.43. The normalized spacial score (nSPS) is 34.9. The van der Waals surface area contributed by atoms with Crippen LogP contribution in [0.25, 0.3) is 0 Å². The van der Waals surface area contributed by atoms with E-state index in [4.69, 9.17) is 10.5 Å². The molecule has 4 heteroatoms. The maximum atomic E-state index is 5.89. The van der Waals surface area contributed by atoms with Crippen molar-refractivity contribution in [2.24, 2.45) is 11.7 Å². The van der Waals surface area contributed by atoms with Crippen molar-refractivity contribution >= 4 is 0 Å². The maximum Gasteiger partial charge on any atom is 0.0707 e. The van der Waals surface area contributed by atoms with Crippen LogP contribution < -0.4 is 5.73 Å². The van der Waals surface area contributed by atoms with Crippen LogP contribution in [0.2, 0.25) is 0 Å². The van der Waals surface area contributed by atoms with E-state index in [1.807, 2.05) is 0 Å². The van der Waals surface area contributed by atoms with Crippen LogP contribution in [0, 0.1) is 5.92 Å². The van der Waals surface area contributed by atoms with Gasteiger partial charge in [0, 0.05) is 26.2 Å². The minimum Gasteiger partial charge on any atom is -0.372 e. The third kappa shape index (κ3) is 3.91. The van der Waals surface area contributed by atoms with Gasteiger partial charge in [-0.3, -0.25) is 0 Å². The highest BCUT2D eigenvalue weighted by Gasteiger charge is 2.26. The van der Waals surface area contributed by atoms with Crippen molar-refractivity contribution in [3.63, 3.8) is 0 Å². The largest absolute Gasteiger partial charge is 0.372 e. The van der Waals surface area contributed by atoms with Gasteiger partial charge >= 0.3 is 0 Å². The molecule has 0 radical (unpaired) electrons. The number of rotatable bonds is 5. The second kappa shape index (κ2) is 6.14. The highest BCUT2D eigenvalue weighted by Crippen LogP contribution is 2.21. The molecule has 0 bridgehead atoms. The summed E-state index contributed by atoms with van der Waals surface area (Å²) in [5, 5.41) is 0. The lowest BCUT2D eigenvalue weighted by Gasteiger charge is -2.24. The SMILES string of the molecule is CN1CCC(CN(C)CC2CCC(CN)O2)C1. The first-order valence-corrected chi connectivity index (χ1v) is 6.90. The van der Waals surface area contributed by atoms with Gasteiger partial charge in [0.2, 0.25) is 0 Å². The first kappa shape index (κ1) is 13.3. The predicted molar refractivity (Wildman–Crippen MR) is 70.1 cm³/mol. The lowest BCUT2D eigenvalue weighted by atomic mass is 10.1. The second-order valence-corrected chi connectivity index (χ2v) is 5.83. The van der Waals surface area contributed by atoms with E-state index in [0.717, 1.165) is 18.9 Å². The van der Waals surface area contributed by atoms with Crippen LogP contribution >= 0.6 is 0 Å². The number of nitrogens with two attached hydrogens (primary N) is 1. The van der Waals surface area contributed by atoms with Crippen molar-refractivity contribution in [2.45, 2.75) is 31.5 Å². The summed E-state index contributed by atoms with van der Waals surface area (Å²) >= 11 is 0. The molecule has 2 aliphatic rings. The fourth-order valence-corrected chi connectivity index (χ4v) is 3.13. The van der Waals surface area contributed by atoms with Gasteiger partial charge in [0.05, 0.1) is 12.2 Å². The molecule has 2 saturated heterocycles. The van der Waals surface area contributed by atoms with Gasteiger partial charge in [0.15, 0.2) is 0 Å². The minimum atomic E-state index is 0.311. The first-order valence-electron chi connectivity index (χ1n) is 6.90. The molecule has 3 unspecified atom stereocenters. The van der Waals surface area contributed by atoms with Crippen molar-refractivity contribution < 1.29 is 4.74 Å². The molecule has 0 spiro atoms. The highest BCUT2D eigenvalue weighted by molar-refractivity contribution is 4.79. The summed E-state index contributed by atoms with van der Waals surface area (Å²) in [6, 6.07) is 0. The molecule has 2 heterocycles. The molecule has 3 atom stereocenters. The van der Waals surface area contributed by atoms with Gasteiger partial charge in [-0.05, 0) is 45.8 Å². The standard InChI is InChI=1S/C13H27N3O/c1-15-6-5-11(8-15)9-16(2)10-13-4-3-12(7-14)17-13/h11-13H,3-10,14H2,1-2H3. The molecule has 2 aliphatic heterocycles. The zero-order valence-electron chi connectivity index (χ0n) is 11.3. The van der Waals surface area contributed by atoms with Crippen molar-refractivity contribution in [2.75, 3.05) is 46.8 Å². The third-order valence-electron chi connectivity index (χ3n) is 4.03. The van der Waals surface area contributed by atoms with Crippen LogP contribution in [-0.4, -0.2) is 68.8 Å². The van der Waals surface area contributed by atoms with Crippen LogP contribution in [0.15, 0.2) is 0 Å². The van der Waals surface area contributed by atoms with Gasteiger partial charge in [-0.25, -0.2) is 0 Å². The Bertz CT molecular complexity index is 237. The van der Waals surface area contributed by atoms with Gasteiger partial charge in [-0.1, -0.05) is 0 Å². The van der Waals surface area contributed by atoms with Crippen LogP contribution in [0.1, 0.15) is 19.3 Å². The molecule has 0 saturated carbocycles. The van der Waals surface area contributed by atoms with Crippen molar-refractivity contribution in [3.8, 4) is 0 Å². The summed E-state index contributed by atoms with van der Waals surface area (Å²) in [6.07, 6.45) is 4.38. The third-order valence-corrected chi connectivity index (χ3v) is 4.03. The minimum absolute atomic E-state index is 0.311. The fourth-order valence-electron chi connectivity index (χ4n) is 3.13. The van der Waals surface area contributed by atoms with E-state index in [1.165, 1.54) is 32.5 Å². The van der Waals surface area contributed by atoms with E-state index in [2.05, 4.69) is 23.9 Å². The average Bonchev–Trinajstić information content (AvgIpc) is 2.88. The van der Waals surface area contributed by atoms with E-state index in [9.17, 15) is 0 Å². The molecular weight excluding hydrogens is 214 g/mol. The Kier molecular flexibility index (Phi) is 4.79. The molecule has 2 rings (SSSR count). The van der Waals surface area contributed by atoms with Crippen LogP contribution in [0.3, 0.4) is 0 Å². The van der Waals surface area contributed by atoms with Crippen molar-refractivity contribution in [1.29, 1.82) is 0 Å². The zero-order valence-corrected chi connectivity index (χ0v) is 11.3. The van der Waals surface area contributed by atoms with Crippen LogP contribution in [0.4, 0.5) is 0 Å². The van der Waals surface area contributed by atoms with Gasteiger partial charge in [0.25, 0.3) is 0 Å². The lowest BCUT2D eigenvalue weighted by Crippen LogP contribution is -2.34. The summed E-state index contributed by atoms with van der Waals surface area (Å²) in [5.74, 6) is 0.844. The molecule has 0 aromatic rings. The Morgan fingerprint density at radius 1 is 1.24 bits per heavy atom.